The molecule has 0 spiro atoms. The van der Waals surface area contributed by atoms with Crippen molar-refractivity contribution in [3.63, 3.8) is 0 Å². The van der Waals surface area contributed by atoms with Gasteiger partial charge in [-0.25, -0.2) is 0 Å². The van der Waals surface area contributed by atoms with Crippen molar-refractivity contribution in [2.75, 3.05) is 0 Å². The summed E-state index contributed by atoms with van der Waals surface area (Å²) in [6, 6.07) is 6.97. The van der Waals surface area contributed by atoms with E-state index in [9.17, 15) is 0 Å². The molecule has 2 heteroatoms. The summed E-state index contributed by atoms with van der Waals surface area (Å²) < 4.78 is 0. The molecule has 0 aliphatic heterocycles. The number of nitrogens with one attached hydrogen (secondary N) is 1. The van der Waals surface area contributed by atoms with E-state index < -0.39 is 0 Å². The molecule has 1 aromatic carbocycles. The summed E-state index contributed by atoms with van der Waals surface area (Å²) in [5.74, 6) is 2.91. The van der Waals surface area contributed by atoms with Gasteiger partial charge >= 0.3 is 0 Å². The summed E-state index contributed by atoms with van der Waals surface area (Å²) in [5.41, 5.74) is 2.46. The zero-order valence-corrected chi connectivity index (χ0v) is 12.7. The van der Waals surface area contributed by atoms with Crippen LogP contribution in [-0.2, 0) is 6.54 Å². The highest BCUT2D eigenvalue weighted by molar-refractivity contribution is 6.31. The topological polar surface area (TPSA) is 12.0 Å². The van der Waals surface area contributed by atoms with Crippen LogP contribution >= 0.6 is 11.6 Å². The first kappa shape index (κ1) is 13.5. The number of hydrogen-bond acceptors (Lipinski definition) is 1. The lowest BCUT2D eigenvalue weighted by atomic mass is 9.84. The summed E-state index contributed by atoms with van der Waals surface area (Å²) in [7, 11) is 0. The molecule has 0 aromatic heterocycles. The Morgan fingerprint density at radius 1 is 1.32 bits per heavy atom. The van der Waals surface area contributed by atoms with Crippen molar-refractivity contribution in [3.05, 3.63) is 34.3 Å². The van der Waals surface area contributed by atoms with Gasteiger partial charge in [0.15, 0.2) is 0 Å². The molecule has 0 amide bonds. The monoisotopic (exact) mass is 277 g/mol. The van der Waals surface area contributed by atoms with Crippen LogP contribution in [0.3, 0.4) is 0 Å². The molecule has 2 saturated carbocycles. The highest BCUT2D eigenvalue weighted by Crippen LogP contribution is 2.49. The molecule has 0 heterocycles. The Morgan fingerprint density at radius 2 is 2.16 bits per heavy atom. The largest absolute Gasteiger partial charge is 0.310 e. The molecule has 3 rings (SSSR count). The number of aryl methyl sites for hydroxylation is 1. The fourth-order valence-electron chi connectivity index (χ4n) is 4.12. The molecule has 4 unspecified atom stereocenters. The quantitative estimate of drug-likeness (QED) is 0.850. The fourth-order valence-corrected chi connectivity index (χ4v) is 4.43. The third-order valence-electron chi connectivity index (χ3n) is 5.26. The summed E-state index contributed by atoms with van der Waals surface area (Å²) >= 11 is 6.30. The molecule has 2 fully saturated rings. The van der Waals surface area contributed by atoms with Crippen LogP contribution in [0.5, 0.6) is 0 Å². The van der Waals surface area contributed by atoms with Gasteiger partial charge in [-0.15, -0.1) is 0 Å². The molecular weight excluding hydrogens is 254 g/mol. The van der Waals surface area contributed by atoms with Gasteiger partial charge in [0, 0.05) is 17.6 Å². The minimum absolute atomic E-state index is 0.618. The van der Waals surface area contributed by atoms with Crippen molar-refractivity contribution in [1.82, 2.24) is 5.32 Å². The van der Waals surface area contributed by atoms with Crippen molar-refractivity contribution in [2.45, 2.75) is 52.1 Å². The molecule has 2 bridgehead atoms. The summed E-state index contributed by atoms with van der Waals surface area (Å²) in [6.45, 7) is 5.34. The molecule has 2 aliphatic rings. The highest BCUT2D eigenvalue weighted by atomic mass is 35.5. The number of rotatable bonds is 4. The van der Waals surface area contributed by atoms with Crippen molar-refractivity contribution in [3.8, 4) is 0 Å². The standard InChI is InChI=1S/C17H24ClN/c1-11-3-5-15(17(18)7-11)10-19-12(2)16-9-13-4-6-14(16)8-13/h3,5,7,12-14,16,19H,4,6,8-10H2,1-2H3. The van der Waals surface area contributed by atoms with Crippen LogP contribution in [0, 0.1) is 24.7 Å². The van der Waals surface area contributed by atoms with E-state index in [4.69, 9.17) is 11.6 Å². The second-order valence-electron chi connectivity index (χ2n) is 6.60. The molecule has 4 atom stereocenters. The second kappa shape index (κ2) is 5.46. The van der Waals surface area contributed by atoms with Gasteiger partial charge in [-0.1, -0.05) is 30.2 Å². The number of benzene rings is 1. The fraction of sp³-hybridized carbons (Fsp3) is 0.647. The van der Waals surface area contributed by atoms with Crippen LogP contribution in [0.4, 0.5) is 0 Å². The van der Waals surface area contributed by atoms with Crippen molar-refractivity contribution >= 4 is 11.6 Å². The van der Waals surface area contributed by atoms with E-state index in [1.807, 2.05) is 0 Å². The van der Waals surface area contributed by atoms with Crippen LogP contribution in [0.1, 0.15) is 43.7 Å². The Bertz CT molecular complexity index is 457. The van der Waals surface area contributed by atoms with Gasteiger partial charge in [0.1, 0.15) is 0 Å². The Kier molecular flexibility index (Phi) is 3.86. The molecule has 2 aliphatic carbocycles. The smallest absolute Gasteiger partial charge is 0.0453 e. The highest BCUT2D eigenvalue weighted by Gasteiger charge is 2.41. The third-order valence-corrected chi connectivity index (χ3v) is 5.61. The van der Waals surface area contributed by atoms with E-state index in [-0.39, 0.29) is 0 Å². The number of halogens is 1. The SMILES string of the molecule is Cc1ccc(CNC(C)C2CC3CCC2C3)c(Cl)c1. The summed E-state index contributed by atoms with van der Waals surface area (Å²) in [5, 5.41) is 4.60. The average Bonchev–Trinajstić information content (AvgIpc) is 2.99. The molecule has 104 valence electrons. The summed E-state index contributed by atoms with van der Waals surface area (Å²) in [6.07, 6.45) is 5.88. The normalized spacial score (nSPS) is 30.8. The zero-order chi connectivity index (χ0) is 13.4. The van der Waals surface area contributed by atoms with Crippen LogP contribution in [0.25, 0.3) is 0 Å². The van der Waals surface area contributed by atoms with Crippen LogP contribution in [0.2, 0.25) is 5.02 Å². The van der Waals surface area contributed by atoms with Gasteiger partial charge in [0.25, 0.3) is 0 Å². The number of hydrogen-bond donors (Lipinski definition) is 1. The van der Waals surface area contributed by atoms with Gasteiger partial charge < -0.3 is 5.32 Å². The lowest BCUT2D eigenvalue weighted by Crippen LogP contribution is -2.35. The first-order chi connectivity index (χ1) is 9.13. The van der Waals surface area contributed by atoms with E-state index in [2.05, 4.69) is 37.4 Å². The molecule has 1 aromatic rings. The minimum Gasteiger partial charge on any atom is -0.310 e. The van der Waals surface area contributed by atoms with E-state index in [0.29, 0.717) is 6.04 Å². The predicted octanol–water partition coefficient (Wildman–Crippen LogP) is 4.56. The third kappa shape index (κ3) is 2.83. The zero-order valence-electron chi connectivity index (χ0n) is 12.0. The average molecular weight is 278 g/mol. The molecule has 1 N–H and O–H groups in total. The maximum absolute atomic E-state index is 6.30. The molecule has 19 heavy (non-hydrogen) atoms. The second-order valence-corrected chi connectivity index (χ2v) is 7.01. The van der Waals surface area contributed by atoms with Crippen molar-refractivity contribution in [2.24, 2.45) is 17.8 Å². The van der Waals surface area contributed by atoms with Gasteiger partial charge in [-0.05, 0) is 68.1 Å². The lowest BCUT2D eigenvalue weighted by molar-refractivity contribution is 0.259. The predicted molar refractivity (Wildman–Crippen MR) is 81.4 cm³/mol. The molecule has 1 nitrogen and oxygen atoms in total. The Labute approximate surface area is 121 Å². The van der Waals surface area contributed by atoms with E-state index in [1.165, 1.54) is 36.8 Å². The van der Waals surface area contributed by atoms with Crippen LogP contribution in [-0.4, -0.2) is 6.04 Å². The van der Waals surface area contributed by atoms with Gasteiger partial charge in [-0.2, -0.15) is 0 Å². The minimum atomic E-state index is 0.618. The van der Waals surface area contributed by atoms with Gasteiger partial charge in [0.05, 0.1) is 0 Å². The van der Waals surface area contributed by atoms with Crippen molar-refractivity contribution in [1.29, 1.82) is 0 Å². The van der Waals surface area contributed by atoms with E-state index >= 15 is 0 Å². The number of fused-ring (bicyclic) bond motifs is 2. The lowest BCUT2D eigenvalue weighted by Gasteiger charge is -2.28. The van der Waals surface area contributed by atoms with Crippen LogP contribution < -0.4 is 5.32 Å². The summed E-state index contributed by atoms with van der Waals surface area (Å²) in [4.78, 5) is 0. The molecule has 0 saturated heterocycles. The Morgan fingerprint density at radius 3 is 2.79 bits per heavy atom. The van der Waals surface area contributed by atoms with Gasteiger partial charge in [-0.3, -0.25) is 0 Å². The molecular formula is C17H24ClN. The maximum Gasteiger partial charge on any atom is 0.0453 e. The van der Waals surface area contributed by atoms with Crippen molar-refractivity contribution < 1.29 is 0 Å². The molecule has 0 radical (unpaired) electrons. The van der Waals surface area contributed by atoms with Crippen LogP contribution in [0.15, 0.2) is 18.2 Å². The Balaban J connectivity index is 1.57. The van der Waals surface area contributed by atoms with E-state index in [1.54, 1.807) is 0 Å². The van der Waals surface area contributed by atoms with Gasteiger partial charge in [0.2, 0.25) is 0 Å². The Hall–Kier alpha value is -0.530. The van der Waals surface area contributed by atoms with E-state index in [0.717, 1.165) is 29.3 Å². The maximum atomic E-state index is 6.30. The first-order valence-corrected chi connectivity index (χ1v) is 7.99. The first-order valence-electron chi connectivity index (χ1n) is 7.62.